The molecule has 1 atom stereocenters. The van der Waals surface area contributed by atoms with Crippen LogP contribution in [0.15, 0.2) is 12.7 Å². The number of ether oxygens (including phenoxy) is 1. The van der Waals surface area contributed by atoms with Gasteiger partial charge in [0.05, 0.1) is 6.10 Å². The fourth-order valence-electron chi connectivity index (χ4n) is 0.684. The topological polar surface area (TPSA) is 26.3 Å². The van der Waals surface area contributed by atoms with E-state index in [2.05, 4.69) is 19.2 Å². The maximum absolute atomic E-state index is 10.6. The first-order chi connectivity index (χ1) is 5.20. The minimum Gasteiger partial charge on any atom is -0.460 e. The minimum atomic E-state index is -0.350. The fourth-order valence-corrected chi connectivity index (χ4v) is 0.867. The fraction of sp³-hybridized carbons (Fsp3) is 0.625. The molecule has 0 rings (SSSR count). The largest absolute Gasteiger partial charge is 0.460 e. The smallest absolute Gasteiger partial charge is 0.330 e. The maximum atomic E-state index is 10.6. The van der Waals surface area contributed by atoms with Crippen molar-refractivity contribution < 1.29 is 9.53 Å². The maximum Gasteiger partial charge on any atom is 0.330 e. The predicted molar refractivity (Wildman–Crippen MR) is 48.8 cm³/mol. The van der Waals surface area contributed by atoms with E-state index in [9.17, 15) is 4.79 Å². The molecule has 0 saturated heterocycles. The van der Waals surface area contributed by atoms with Gasteiger partial charge in [-0.15, -0.1) is 0 Å². The summed E-state index contributed by atoms with van der Waals surface area (Å²) in [5.74, 6) is 0.479. The number of hydrogen-bond acceptors (Lipinski definition) is 3. The SMILES string of the molecule is C=CC(=O)OC(C)CCCS. The van der Waals surface area contributed by atoms with Gasteiger partial charge in [0.1, 0.15) is 0 Å². The highest BCUT2D eigenvalue weighted by Crippen LogP contribution is 2.02. The van der Waals surface area contributed by atoms with Gasteiger partial charge in [-0.05, 0) is 25.5 Å². The number of thiol groups is 1. The summed E-state index contributed by atoms with van der Waals surface area (Å²) in [7, 11) is 0. The van der Waals surface area contributed by atoms with Gasteiger partial charge in [0, 0.05) is 6.08 Å². The van der Waals surface area contributed by atoms with E-state index < -0.39 is 0 Å². The van der Waals surface area contributed by atoms with E-state index in [1.54, 1.807) is 0 Å². The van der Waals surface area contributed by atoms with Crippen LogP contribution in [0, 0.1) is 0 Å². The molecule has 0 aliphatic heterocycles. The van der Waals surface area contributed by atoms with Crippen molar-refractivity contribution >= 4 is 18.6 Å². The van der Waals surface area contributed by atoms with Gasteiger partial charge in [-0.25, -0.2) is 4.79 Å². The molecule has 2 nitrogen and oxygen atoms in total. The predicted octanol–water partition coefficient (Wildman–Crippen LogP) is 1.81. The summed E-state index contributed by atoms with van der Waals surface area (Å²) < 4.78 is 4.91. The first-order valence-electron chi connectivity index (χ1n) is 3.64. The Labute approximate surface area is 73.0 Å². The van der Waals surface area contributed by atoms with Crippen molar-refractivity contribution in [3.8, 4) is 0 Å². The third-order valence-corrected chi connectivity index (χ3v) is 1.57. The number of esters is 1. The molecular formula is C8H14O2S. The summed E-state index contributed by atoms with van der Waals surface area (Å²) in [6.45, 7) is 5.17. The van der Waals surface area contributed by atoms with Gasteiger partial charge in [-0.3, -0.25) is 0 Å². The van der Waals surface area contributed by atoms with Crippen LogP contribution in [0.2, 0.25) is 0 Å². The highest BCUT2D eigenvalue weighted by atomic mass is 32.1. The number of rotatable bonds is 5. The lowest BCUT2D eigenvalue weighted by Crippen LogP contribution is -2.12. The zero-order valence-corrected chi connectivity index (χ0v) is 7.64. The lowest BCUT2D eigenvalue weighted by Gasteiger charge is -2.09. The first kappa shape index (κ1) is 10.6. The molecule has 3 heteroatoms. The second-order valence-corrected chi connectivity index (χ2v) is 2.76. The van der Waals surface area contributed by atoms with E-state index in [0.717, 1.165) is 18.6 Å². The molecule has 0 bridgehead atoms. The monoisotopic (exact) mass is 174 g/mol. The van der Waals surface area contributed by atoms with Crippen molar-refractivity contribution in [2.45, 2.75) is 25.9 Å². The zero-order valence-electron chi connectivity index (χ0n) is 6.75. The molecule has 0 heterocycles. The van der Waals surface area contributed by atoms with E-state index in [1.807, 2.05) is 6.92 Å². The van der Waals surface area contributed by atoms with E-state index in [4.69, 9.17) is 4.74 Å². The molecule has 0 radical (unpaired) electrons. The van der Waals surface area contributed by atoms with Gasteiger partial charge in [-0.2, -0.15) is 12.6 Å². The molecule has 0 saturated carbocycles. The van der Waals surface area contributed by atoms with Crippen LogP contribution >= 0.6 is 12.6 Å². The lowest BCUT2D eigenvalue weighted by atomic mass is 10.2. The third kappa shape index (κ3) is 5.98. The normalized spacial score (nSPS) is 12.2. The van der Waals surface area contributed by atoms with E-state index in [-0.39, 0.29) is 12.1 Å². The average Bonchev–Trinajstić information content (AvgIpc) is 2.00. The van der Waals surface area contributed by atoms with Crippen LogP contribution in [0.3, 0.4) is 0 Å². The van der Waals surface area contributed by atoms with E-state index >= 15 is 0 Å². The van der Waals surface area contributed by atoms with E-state index in [0.29, 0.717) is 0 Å². The molecule has 0 aliphatic rings. The Kier molecular flexibility index (Phi) is 6.03. The molecule has 64 valence electrons. The Morgan fingerprint density at radius 1 is 1.82 bits per heavy atom. The van der Waals surface area contributed by atoms with Crippen LogP contribution in [0.1, 0.15) is 19.8 Å². The molecule has 0 aromatic heterocycles. The summed E-state index contributed by atoms with van der Waals surface area (Å²) in [5, 5.41) is 0. The molecule has 0 fully saturated rings. The molecule has 1 unspecified atom stereocenters. The first-order valence-corrected chi connectivity index (χ1v) is 4.28. The van der Waals surface area contributed by atoms with Crippen molar-refractivity contribution in [1.82, 2.24) is 0 Å². The second kappa shape index (κ2) is 6.28. The summed E-state index contributed by atoms with van der Waals surface area (Å²) >= 11 is 4.05. The highest BCUT2D eigenvalue weighted by molar-refractivity contribution is 7.80. The van der Waals surface area contributed by atoms with Crippen molar-refractivity contribution in [2.24, 2.45) is 0 Å². The van der Waals surface area contributed by atoms with Gasteiger partial charge in [0.15, 0.2) is 0 Å². The van der Waals surface area contributed by atoms with Gasteiger partial charge < -0.3 is 4.74 Å². The third-order valence-electron chi connectivity index (χ3n) is 1.25. The van der Waals surface area contributed by atoms with Crippen LogP contribution in [0.4, 0.5) is 0 Å². The van der Waals surface area contributed by atoms with Crippen molar-refractivity contribution in [1.29, 1.82) is 0 Å². The van der Waals surface area contributed by atoms with E-state index in [1.165, 1.54) is 6.08 Å². The van der Waals surface area contributed by atoms with Crippen LogP contribution < -0.4 is 0 Å². The Bertz CT molecular complexity index is 134. The molecule has 0 N–H and O–H groups in total. The lowest BCUT2D eigenvalue weighted by molar-refractivity contribution is -0.142. The Morgan fingerprint density at radius 3 is 2.91 bits per heavy atom. The molecular weight excluding hydrogens is 160 g/mol. The Balaban J connectivity index is 3.43. The van der Waals surface area contributed by atoms with Crippen molar-refractivity contribution in [3.63, 3.8) is 0 Å². The Morgan fingerprint density at radius 2 is 2.45 bits per heavy atom. The second-order valence-electron chi connectivity index (χ2n) is 2.32. The van der Waals surface area contributed by atoms with Crippen molar-refractivity contribution in [3.05, 3.63) is 12.7 Å². The summed E-state index contributed by atoms with van der Waals surface area (Å²) in [5.41, 5.74) is 0. The number of carbonyl (C=O) groups is 1. The number of carbonyl (C=O) groups excluding carboxylic acids is 1. The van der Waals surface area contributed by atoms with Crippen LogP contribution in [-0.4, -0.2) is 17.8 Å². The molecule has 11 heavy (non-hydrogen) atoms. The minimum absolute atomic E-state index is 0.0207. The molecule has 0 aromatic carbocycles. The summed E-state index contributed by atoms with van der Waals surface area (Å²) in [6, 6.07) is 0. The quantitative estimate of drug-likeness (QED) is 0.391. The van der Waals surface area contributed by atoms with Crippen LogP contribution in [-0.2, 0) is 9.53 Å². The number of hydrogen-bond donors (Lipinski definition) is 1. The van der Waals surface area contributed by atoms with Crippen LogP contribution in [0.5, 0.6) is 0 Å². The highest BCUT2D eigenvalue weighted by Gasteiger charge is 2.04. The average molecular weight is 174 g/mol. The van der Waals surface area contributed by atoms with Gasteiger partial charge in [0.2, 0.25) is 0 Å². The zero-order chi connectivity index (χ0) is 8.69. The van der Waals surface area contributed by atoms with Gasteiger partial charge >= 0.3 is 5.97 Å². The standard InChI is InChI=1S/C8H14O2S/c1-3-8(9)10-7(2)5-4-6-11/h3,7,11H,1,4-6H2,2H3. The van der Waals surface area contributed by atoms with Gasteiger partial charge in [-0.1, -0.05) is 6.58 Å². The molecule has 0 aromatic rings. The Hall–Kier alpha value is -0.440. The molecule has 0 amide bonds. The molecule has 0 spiro atoms. The molecule has 0 aliphatic carbocycles. The van der Waals surface area contributed by atoms with Crippen molar-refractivity contribution in [2.75, 3.05) is 5.75 Å². The van der Waals surface area contributed by atoms with Crippen LogP contribution in [0.25, 0.3) is 0 Å². The summed E-state index contributed by atoms with van der Waals surface area (Å²) in [6.07, 6.45) is 2.99. The van der Waals surface area contributed by atoms with Gasteiger partial charge in [0.25, 0.3) is 0 Å². The summed E-state index contributed by atoms with van der Waals surface area (Å²) in [4.78, 5) is 10.6.